The predicted molar refractivity (Wildman–Crippen MR) is 103 cm³/mol. The van der Waals surface area contributed by atoms with Crippen molar-refractivity contribution in [1.82, 2.24) is 4.90 Å². The Hall–Kier alpha value is -1.26. The number of benzene rings is 1. The van der Waals surface area contributed by atoms with Crippen LogP contribution >= 0.6 is 23.2 Å². The van der Waals surface area contributed by atoms with Crippen LogP contribution in [0, 0.1) is 5.41 Å². The van der Waals surface area contributed by atoms with E-state index >= 15 is 0 Å². The molecule has 1 heterocycles. The number of rotatable bonds is 6. The summed E-state index contributed by atoms with van der Waals surface area (Å²) in [5.41, 5.74) is 1.71. The van der Waals surface area contributed by atoms with Gasteiger partial charge in [-0.15, -0.1) is 0 Å². The summed E-state index contributed by atoms with van der Waals surface area (Å²) in [7, 11) is 0. The molecule has 4 nitrogen and oxygen atoms in total. The Bertz CT molecular complexity index is 653. The van der Waals surface area contributed by atoms with Gasteiger partial charge < -0.3 is 9.74 Å². The van der Waals surface area contributed by atoms with E-state index in [-0.39, 0.29) is 17.4 Å². The molecule has 0 spiro atoms. The maximum absolute atomic E-state index is 12.6. The van der Waals surface area contributed by atoms with Gasteiger partial charge in [0.2, 0.25) is 5.91 Å². The molecule has 0 N–H and O–H groups in total. The lowest BCUT2D eigenvalue weighted by molar-refractivity contribution is -0.134. The molecule has 138 valence electrons. The molecule has 0 bridgehead atoms. The van der Waals surface area contributed by atoms with Crippen molar-refractivity contribution < 1.29 is 9.63 Å². The second-order valence-electron chi connectivity index (χ2n) is 7.68. The summed E-state index contributed by atoms with van der Waals surface area (Å²) in [6, 6.07) is 5.43. The van der Waals surface area contributed by atoms with E-state index in [9.17, 15) is 4.79 Å². The number of halogens is 2. The van der Waals surface area contributed by atoms with Crippen LogP contribution in [0.3, 0.4) is 0 Å². The van der Waals surface area contributed by atoms with Crippen molar-refractivity contribution in [2.75, 3.05) is 13.1 Å². The number of carbonyl (C=O) groups excluding carboxylic acids is 1. The molecule has 1 amide bonds. The molecule has 1 aromatic rings. The van der Waals surface area contributed by atoms with Gasteiger partial charge in [0.25, 0.3) is 0 Å². The van der Waals surface area contributed by atoms with Crippen molar-refractivity contribution in [2.45, 2.75) is 53.1 Å². The Balaban J connectivity index is 1.98. The molecule has 1 atom stereocenters. The first-order valence-electron chi connectivity index (χ1n) is 8.65. The minimum absolute atomic E-state index is 0.0265. The molecule has 1 aromatic carbocycles. The fourth-order valence-electron chi connectivity index (χ4n) is 2.77. The molecular formula is C19H26Cl2N2O2. The van der Waals surface area contributed by atoms with Gasteiger partial charge in [-0.25, -0.2) is 0 Å². The highest BCUT2D eigenvalue weighted by molar-refractivity contribution is 6.42. The zero-order chi connectivity index (χ0) is 18.6. The zero-order valence-electron chi connectivity index (χ0n) is 15.3. The number of amides is 1. The molecule has 0 saturated carbocycles. The van der Waals surface area contributed by atoms with E-state index in [1.165, 1.54) is 0 Å². The first kappa shape index (κ1) is 20.1. The fourth-order valence-corrected chi connectivity index (χ4v) is 3.07. The van der Waals surface area contributed by atoms with Gasteiger partial charge in [0.05, 0.1) is 22.3 Å². The van der Waals surface area contributed by atoms with Crippen molar-refractivity contribution in [3.8, 4) is 0 Å². The minimum atomic E-state index is -0.125. The van der Waals surface area contributed by atoms with Crippen LogP contribution in [0.4, 0.5) is 0 Å². The fraction of sp³-hybridized carbons (Fsp3) is 0.579. The smallest absolute Gasteiger partial charge is 0.223 e. The van der Waals surface area contributed by atoms with Gasteiger partial charge in [-0.2, -0.15) is 0 Å². The van der Waals surface area contributed by atoms with Gasteiger partial charge in [-0.05, 0) is 24.0 Å². The van der Waals surface area contributed by atoms with E-state index in [4.69, 9.17) is 28.0 Å². The van der Waals surface area contributed by atoms with Crippen molar-refractivity contribution in [3.05, 3.63) is 33.8 Å². The topological polar surface area (TPSA) is 41.9 Å². The van der Waals surface area contributed by atoms with Crippen LogP contribution in [0.2, 0.25) is 10.0 Å². The summed E-state index contributed by atoms with van der Waals surface area (Å²) in [4.78, 5) is 20.0. The average molecular weight is 385 g/mol. The van der Waals surface area contributed by atoms with Gasteiger partial charge >= 0.3 is 0 Å². The van der Waals surface area contributed by atoms with Crippen LogP contribution in [0.15, 0.2) is 23.4 Å². The van der Waals surface area contributed by atoms with Crippen LogP contribution in [0.1, 0.15) is 52.5 Å². The Morgan fingerprint density at radius 1 is 1.32 bits per heavy atom. The lowest BCUT2D eigenvalue weighted by atomic mass is 9.91. The van der Waals surface area contributed by atoms with Gasteiger partial charge in [0.1, 0.15) is 0 Å². The van der Waals surface area contributed by atoms with E-state index in [2.05, 4.69) is 32.9 Å². The van der Waals surface area contributed by atoms with E-state index < -0.39 is 0 Å². The Kier molecular flexibility index (Phi) is 6.75. The normalized spacial score (nSPS) is 17.2. The number of oxime groups is 1. The highest BCUT2D eigenvalue weighted by Crippen LogP contribution is 2.26. The molecule has 2 rings (SSSR count). The van der Waals surface area contributed by atoms with Crippen molar-refractivity contribution in [2.24, 2.45) is 10.6 Å². The van der Waals surface area contributed by atoms with Crippen LogP contribution in [-0.2, 0) is 9.63 Å². The summed E-state index contributed by atoms with van der Waals surface area (Å²) in [6.45, 7) is 9.59. The molecule has 1 aliphatic heterocycles. The molecule has 6 heteroatoms. The molecule has 0 radical (unpaired) electrons. The summed E-state index contributed by atoms with van der Waals surface area (Å²) < 4.78 is 0. The minimum Gasteiger partial charge on any atom is -0.390 e. The van der Waals surface area contributed by atoms with Gasteiger partial charge in [-0.3, -0.25) is 4.79 Å². The second-order valence-corrected chi connectivity index (χ2v) is 8.49. The lowest BCUT2D eigenvalue weighted by Gasteiger charge is -2.27. The van der Waals surface area contributed by atoms with Crippen LogP contribution < -0.4 is 0 Å². The third-order valence-electron chi connectivity index (χ3n) is 3.94. The van der Waals surface area contributed by atoms with Crippen molar-refractivity contribution >= 4 is 34.8 Å². The molecule has 0 aliphatic carbocycles. The first-order chi connectivity index (χ1) is 11.7. The van der Waals surface area contributed by atoms with Crippen LogP contribution in [-0.4, -0.2) is 35.7 Å². The Labute approximate surface area is 160 Å². The van der Waals surface area contributed by atoms with E-state index in [1.54, 1.807) is 12.1 Å². The summed E-state index contributed by atoms with van der Waals surface area (Å²) in [5.74, 6) is 0.168. The Morgan fingerprint density at radius 2 is 2.04 bits per heavy atom. The third-order valence-corrected chi connectivity index (χ3v) is 4.68. The highest BCUT2D eigenvalue weighted by atomic mass is 35.5. The van der Waals surface area contributed by atoms with Gasteiger partial charge in [-0.1, -0.05) is 62.1 Å². The first-order valence-corrected chi connectivity index (χ1v) is 9.41. The predicted octanol–water partition coefficient (Wildman–Crippen LogP) is 5.16. The third kappa shape index (κ3) is 5.89. The number of carbonyl (C=O) groups is 1. The highest BCUT2D eigenvalue weighted by Gasteiger charge is 2.28. The summed E-state index contributed by atoms with van der Waals surface area (Å²) in [5, 5.41) is 5.20. The summed E-state index contributed by atoms with van der Waals surface area (Å²) >= 11 is 12.0. The molecule has 1 aliphatic rings. The standard InChI is InChI=1S/C19H26Cl2N2O2/c1-5-8-23(18(24)11-19(2,3)4)12-14-10-17(22-25-14)13-6-7-15(20)16(21)9-13/h6-7,9,14H,5,8,10-12H2,1-4H3/t14-/m1/s1. The molecule has 25 heavy (non-hydrogen) atoms. The SMILES string of the molecule is CCCN(C[C@H]1CC(c2ccc(Cl)c(Cl)c2)=NO1)C(=O)CC(C)(C)C. The van der Waals surface area contributed by atoms with Crippen LogP contribution in [0.5, 0.6) is 0 Å². The molecule has 0 aromatic heterocycles. The van der Waals surface area contributed by atoms with E-state index in [0.29, 0.717) is 29.4 Å². The maximum Gasteiger partial charge on any atom is 0.223 e. The number of hydrogen-bond acceptors (Lipinski definition) is 3. The van der Waals surface area contributed by atoms with Crippen molar-refractivity contribution in [3.63, 3.8) is 0 Å². The van der Waals surface area contributed by atoms with Crippen molar-refractivity contribution in [1.29, 1.82) is 0 Å². The Morgan fingerprint density at radius 3 is 2.64 bits per heavy atom. The zero-order valence-corrected chi connectivity index (χ0v) is 16.8. The monoisotopic (exact) mass is 384 g/mol. The average Bonchev–Trinajstić information content (AvgIpc) is 2.96. The second kappa shape index (κ2) is 8.41. The maximum atomic E-state index is 12.6. The number of nitrogens with zero attached hydrogens (tertiary/aromatic N) is 2. The molecule has 0 fully saturated rings. The molecule has 0 unspecified atom stereocenters. The van der Waals surface area contributed by atoms with E-state index in [0.717, 1.165) is 24.2 Å². The van der Waals surface area contributed by atoms with Crippen LogP contribution in [0.25, 0.3) is 0 Å². The largest absolute Gasteiger partial charge is 0.390 e. The lowest BCUT2D eigenvalue weighted by Crippen LogP contribution is -2.39. The summed E-state index contributed by atoms with van der Waals surface area (Å²) in [6.07, 6.45) is 1.98. The van der Waals surface area contributed by atoms with Gasteiger partial charge in [0.15, 0.2) is 6.10 Å². The number of hydrogen-bond donors (Lipinski definition) is 0. The molecule has 0 saturated heterocycles. The quantitative estimate of drug-likeness (QED) is 0.679. The van der Waals surface area contributed by atoms with Gasteiger partial charge in [0, 0.05) is 24.9 Å². The molecular weight excluding hydrogens is 359 g/mol. The van der Waals surface area contributed by atoms with E-state index in [1.807, 2.05) is 11.0 Å².